The number of hydrogen-bond donors (Lipinski definition) is 1. The minimum Gasteiger partial charge on any atom is -0.369 e. The van der Waals surface area contributed by atoms with Crippen LogP contribution in [0.4, 0.5) is 5.69 Å². The lowest BCUT2D eigenvalue weighted by molar-refractivity contribution is 0.200. The highest BCUT2D eigenvalue weighted by Gasteiger charge is 2.41. The van der Waals surface area contributed by atoms with Gasteiger partial charge in [0.25, 0.3) is 0 Å². The normalized spacial score (nSPS) is 29.1. The Morgan fingerprint density at radius 3 is 2.83 bits per heavy atom. The Morgan fingerprint density at radius 1 is 1.39 bits per heavy atom. The van der Waals surface area contributed by atoms with Crippen molar-refractivity contribution < 1.29 is 0 Å². The average Bonchev–Trinajstić information content (AvgIpc) is 2.66. The van der Waals surface area contributed by atoms with Gasteiger partial charge in [0.15, 0.2) is 0 Å². The van der Waals surface area contributed by atoms with E-state index in [2.05, 4.69) is 58.3 Å². The first-order valence-electron chi connectivity index (χ1n) is 6.52. The van der Waals surface area contributed by atoms with Gasteiger partial charge in [-0.2, -0.15) is 0 Å². The molecule has 0 spiro atoms. The zero-order chi connectivity index (χ0) is 12.8. The fraction of sp³-hybridized carbons (Fsp3) is 0.571. The molecule has 98 valence electrons. The maximum Gasteiger partial charge on any atom is 0.0881 e. The zero-order valence-corrected chi connectivity index (χ0v) is 13.3. The van der Waals surface area contributed by atoms with E-state index in [0.29, 0.717) is 0 Å². The Hall–Kier alpha value is -0.190. The van der Waals surface area contributed by atoms with Gasteiger partial charge in [-0.15, -0.1) is 0 Å². The summed E-state index contributed by atoms with van der Waals surface area (Å²) >= 11 is 5.55. The predicted molar refractivity (Wildman–Crippen MR) is 82.2 cm³/mol. The summed E-state index contributed by atoms with van der Waals surface area (Å²) in [5.41, 5.74) is 1.29. The topological polar surface area (TPSA) is 15.3 Å². The van der Waals surface area contributed by atoms with E-state index in [-0.39, 0.29) is 4.87 Å². The molecule has 1 unspecified atom stereocenters. The number of anilines is 1. The number of thioether (sulfide) groups is 1. The van der Waals surface area contributed by atoms with Crippen molar-refractivity contribution >= 4 is 33.4 Å². The molecule has 4 heteroatoms. The summed E-state index contributed by atoms with van der Waals surface area (Å²) in [6, 6.07) is 6.55. The molecule has 3 rings (SSSR count). The van der Waals surface area contributed by atoms with Crippen LogP contribution in [0.3, 0.4) is 0 Å². The SMILES string of the molecule is CN1CCC(C2(C)Nc3cc(Br)ccc3S2)CC1. The Kier molecular flexibility index (Phi) is 3.37. The number of benzene rings is 1. The van der Waals surface area contributed by atoms with E-state index in [1.165, 1.54) is 36.5 Å². The van der Waals surface area contributed by atoms with Gasteiger partial charge in [-0.05, 0) is 64.0 Å². The van der Waals surface area contributed by atoms with E-state index in [9.17, 15) is 0 Å². The molecule has 2 aliphatic rings. The fourth-order valence-electron chi connectivity index (χ4n) is 2.96. The minimum atomic E-state index is 0.171. The quantitative estimate of drug-likeness (QED) is 0.838. The maximum absolute atomic E-state index is 3.75. The van der Waals surface area contributed by atoms with Crippen molar-refractivity contribution in [3.8, 4) is 0 Å². The molecule has 0 aliphatic carbocycles. The lowest BCUT2D eigenvalue weighted by Crippen LogP contribution is -2.43. The summed E-state index contributed by atoms with van der Waals surface area (Å²) in [7, 11) is 2.22. The van der Waals surface area contributed by atoms with Gasteiger partial charge in [0, 0.05) is 9.37 Å². The van der Waals surface area contributed by atoms with Gasteiger partial charge in [0.2, 0.25) is 0 Å². The summed E-state index contributed by atoms with van der Waals surface area (Å²) in [5, 5.41) is 3.75. The number of nitrogens with one attached hydrogen (secondary N) is 1. The largest absolute Gasteiger partial charge is 0.369 e. The van der Waals surface area contributed by atoms with Gasteiger partial charge in [-0.25, -0.2) is 0 Å². The third-order valence-corrected chi connectivity index (χ3v) is 6.07. The summed E-state index contributed by atoms with van der Waals surface area (Å²) in [5.74, 6) is 0.755. The van der Waals surface area contributed by atoms with Crippen molar-refractivity contribution in [2.45, 2.75) is 29.5 Å². The number of nitrogens with zero attached hydrogens (tertiary/aromatic N) is 1. The first-order valence-corrected chi connectivity index (χ1v) is 8.13. The molecular formula is C14H19BrN2S. The second kappa shape index (κ2) is 4.73. The van der Waals surface area contributed by atoms with Crippen molar-refractivity contribution in [3.63, 3.8) is 0 Å². The Bertz CT molecular complexity index is 457. The van der Waals surface area contributed by atoms with Gasteiger partial charge in [-0.1, -0.05) is 27.7 Å². The highest BCUT2D eigenvalue weighted by Crippen LogP contribution is 2.51. The van der Waals surface area contributed by atoms with E-state index in [4.69, 9.17) is 0 Å². The summed E-state index contributed by atoms with van der Waals surface area (Å²) in [4.78, 5) is 3.99. The van der Waals surface area contributed by atoms with E-state index < -0.39 is 0 Å². The van der Waals surface area contributed by atoms with E-state index in [1.807, 2.05) is 11.8 Å². The molecule has 0 saturated carbocycles. The fourth-order valence-corrected chi connectivity index (χ4v) is 4.69. The van der Waals surface area contributed by atoms with Crippen LogP contribution >= 0.6 is 27.7 Å². The summed E-state index contributed by atoms with van der Waals surface area (Å²) < 4.78 is 1.15. The van der Waals surface area contributed by atoms with Gasteiger partial charge < -0.3 is 10.2 Å². The number of likely N-dealkylation sites (tertiary alicyclic amines) is 1. The molecule has 1 atom stereocenters. The minimum absolute atomic E-state index is 0.171. The van der Waals surface area contributed by atoms with Crippen molar-refractivity contribution in [3.05, 3.63) is 22.7 Å². The van der Waals surface area contributed by atoms with Crippen molar-refractivity contribution in [2.24, 2.45) is 5.92 Å². The lowest BCUT2D eigenvalue weighted by atomic mass is 9.90. The average molecular weight is 327 g/mol. The third-order valence-electron chi connectivity index (χ3n) is 4.14. The molecule has 1 fully saturated rings. The molecule has 0 bridgehead atoms. The second-order valence-corrected chi connectivity index (χ2v) is 7.96. The van der Waals surface area contributed by atoms with E-state index in [0.717, 1.165) is 10.4 Å². The molecule has 0 amide bonds. The number of fused-ring (bicyclic) bond motifs is 1. The monoisotopic (exact) mass is 326 g/mol. The Labute approximate surface area is 122 Å². The van der Waals surface area contributed by atoms with E-state index >= 15 is 0 Å². The van der Waals surface area contributed by atoms with Gasteiger partial charge in [-0.3, -0.25) is 0 Å². The van der Waals surface area contributed by atoms with Crippen LogP contribution < -0.4 is 5.32 Å². The number of rotatable bonds is 1. The summed E-state index contributed by atoms with van der Waals surface area (Å²) in [6.07, 6.45) is 2.59. The van der Waals surface area contributed by atoms with Gasteiger partial charge in [0.05, 0.1) is 10.6 Å². The molecule has 18 heavy (non-hydrogen) atoms. The molecule has 1 saturated heterocycles. The molecular weight excluding hydrogens is 308 g/mol. The molecule has 2 heterocycles. The highest BCUT2D eigenvalue weighted by atomic mass is 79.9. The van der Waals surface area contributed by atoms with Crippen LogP contribution in [0.1, 0.15) is 19.8 Å². The van der Waals surface area contributed by atoms with Crippen molar-refractivity contribution in [2.75, 3.05) is 25.5 Å². The van der Waals surface area contributed by atoms with Crippen LogP contribution in [0.2, 0.25) is 0 Å². The Balaban J connectivity index is 1.78. The van der Waals surface area contributed by atoms with Crippen molar-refractivity contribution in [1.82, 2.24) is 4.90 Å². The molecule has 0 radical (unpaired) electrons. The molecule has 2 aliphatic heterocycles. The van der Waals surface area contributed by atoms with E-state index in [1.54, 1.807) is 0 Å². The molecule has 1 aromatic rings. The first kappa shape index (κ1) is 12.8. The maximum atomic E-state index is 3.75. The highest BCUT2D eigenvalue weighted by molar-refractivity contribution is 9.10. The Morgan fingerprint density at radius 2 is 2.11 bits per heavy atom. The second-order valence-electron chi connectivity index (χ2n) is 5.55. The lowest BCUT2D eigenvalue weighted by Gasteiger charge is -2.39. The van der Waals surface area contributed by atoms with Gasteiger partial charge >= 0.3 is 0 Å². The van der Waals surface area contributed by atoms with Crippen LogP contribution in [0, 0.1) is 5.92 Å². The number of piperidine rings is 1. The predicted octanol–water partition coefficient (Wildman–Crippen LogP) is 4.02. The van der Waals surface area contributed by atoms with Crippen LogP contribution in [0.5, 0.6) is 0 Å². The first-order chi connectivity index (χ1) is 8.57. The summed E-state index contributed by atoms with van der Waals surface area (Å²) in [6.45, 7) is 4.81. The van der Waals surface area contributed by atoms with Crippen LogP contribution in [0.15, 0.2) is 27.6 Å². The molecule has 1 N–H and O–H groups in total. The molecule has 2 nitrogen and oxygen atoms in total. The number of hydrogen-bond acceptors (Lipinski definition) is 3. The number of halogens is 1. The van der Waals surface area contributed by atoms with Crippen molar-refractivity contribution in [1.29, 1.82) is 0 Å². The van der Waals surface area contributed by atoms with Crippen LogP contribution in [0.25, 0.3) is 0 Å². The van der Waals surface area contributed by atoms with Crippen LogP contribution in [-0.2, 0) is 0 Å². The van der Waals surface area contributed by atoms with Crippen LogP contribution in [-0.4, -0.2) is 29.9 Å². The third kappa shape index (κ3) is 2.30. The van der Waals surface area contributed by atoms with Gasteiger partial charge in [0.1, 0.15) is 0 Å². The smallest absolute Gasteiger partial charge is 0.0881 e. The molecule has 0 aromatic heterocycles. The standard InChI is InChI=1S/C14H19BrN2S/c1-14(10-5-7-17(2)8-6-10)16-12-9-11(15)3-4-13(12)18-14/h3-4,9-10,16H,5-8H2,1-2H3. The zero-order valence-electron chi connectivity index (χ0n) is 10.9. The molecule has 1 aromatic carbocycles.